The number of aryl methyl sites for hydroxylation is 1. The Morgan fingerprint density at radius 1 is 1.04 bits per heavy atom. The number of carbonyl (C=O) groups excluding carboxylic acids is 3. The molecule has 0 aromatic heterocycles. The SMILES string of the molecule is CCOC(=O)C1=NN(c2cccc(C)c2)C2C(=O)N(c3ccccc3)C(=O)C12. The van der Waals surface area contributed by atoms with Crippen molar-refractivity contribution < 1.29 is 19.1 Å². The molecule has 7 heteroatoms. The molecule has 0 bridgehead atoms. The molecular weight excluding hydrogens is 358 g/mol. The van der Waals surface area contributed by atoms with Gasteiger partial charge in [-0.3, -0.25) is 14.6 Å². The number of fused-ring (bicyclic) bond motifs is 1. The zero-order chi connectivity index (χ0) is 19.8. The van der Waals surface area contributed by atoms with Crippen molar-refractivity contribution in [1.82, 2.24) is 0 Å². The number of benzene rings is 2. The van der Waals surface area contributed by atoms with Crippen LogP contribution in [0.5, 0.6) is 0 Å². The Bertz CT molecular complexity index is 986. The van der Waals surface area contributed by atoms with Crippen LogP contribution in [-0.2, 0) is 19.1 Å². The van der Waals surface area contributed by atoms with Gasteiger partial charge in [-0.1, -0.05) is 30.3 Å². The monoisotopic (exact) mass is 377 g/mol. The first-order valence-electron chi connectivity index (χ1n) is 9.07. The van der Waals surface area contributed by atoms with E-state index in [1.165, 1.54) is 5.01 Å². The summed E-state index contributed by atoms with van der Waals surface area (Å²) in [6.07, 6.45) is 0. The van der Waals surface area contributed by atoms with Gasteiger partial charge >= 0.3 is 5.97 Å². The lowest BCUT2D eigenvalue weighted by Gasteiger charge is -2.22. The van der Waals surface area contributed by atoms with Crippen molar-refractivity contribution in [2.45, 2.75) is 19.9 Å². The fourth-order valence-electron chi connectivity index (χ4n) is 3.60. The van der Waals surface area contributed by atoms with E-state index in [9.17, 15) is 14.4 Å². The molecule has 2 aromatic carbocycles. The molecule has 7 nitrogen and oxygen atoms in total. The maximum atomic E-state index is 13.2. The van der Waals surface area contributed by atoms with E-state index in [0.29, 0.717) is 11.4 Å². The minimum atomic E-state index is -0.993. The number of hydrogen-bond acceptors (Lipinski definition) is 6. The molecule has 2 aliphatic heterocycles. The highest BCUT2D eigenvalue weighted by atomic mass is 16.5. The van der Waals surface area contributed by atoms with Gasteiger partial charge in [-0.05, 0) is 43.7 Å². The van der Waals surface area contributed by atoms with Crippen LogP contribution in [-0.4, -0.2) is 36.1 Å². The second-order valence-electron chi connectivity index (χ2n) is 6.66. The average Bonchev–Trinajstić information content (AvgIpc) is 3.20. The van der Waals surface area contributed by atoms with Crippen LogP contribution in [0.3, 0.4) is 0 Å². The third kappa shape index (κ3) is 2.76. The minimum Gasteiger partial charge on any atom is -0.461 e. The van der Waals surface area contributed by atoms with Crippen molar-refractivity contribution in [1.29, 1.82) is 0 Å². The molecule has 1 fully saturated rings. The zero-order valence-corrected chi connectivity index (χ0v) is 15.5. The second kappa shape index (κ2) is 6.92. The number of esters is 1. The van der Waals surface area contributed by atoms with Crippen LogP contribution >= 0.6 is 0 Å². The Morgan fingerprint density at radius 2 is 1.75 bits per heavy atom. The van der Waals surface area contributed by atoms with Crippen molar-refractivity contribution >= 4 is 34.9 Å². The molecule has 0 N–H and O–H groups in total. The summed E-state index contributed by atoms with van der Waals surface area (Å²) >= 11 is 0. The molecule has 2 atom stereocenters. The first kappa shape index (κ1) is 17.9. The molecule has 0 saturated carbocycles. The lowest BCUT2D eigenvalue weighted by Crippen LogP contribution is -2.39. The predicted molar refractivity (Wildman–Crippen MR) is 104 cm³/mol. The van der Waals surface area contributed by atoms with E-state index in [2.05, 4.69) is 5.10 Å². The standard InChI is InChI=1S/C21H19N3O4/c1-3-28-21(27)17-16-18(24(22-17)15-11-7-8-13(2)12-15)20(26)23(19(16)25)14-9-5-4-6-10-14/h4-12,16,18H,3H2,1-2H3. The number of ether oxygens (including phenoxy) is 1. The number of carbonyl (C=O) groups is 3. The maximum absolute atomic E-state index is 13.2. The average molecular weight is 377 g/mol. The second-order valence-corrected chi connectivity index (χ2v) is 6.66. The first-order valence-corrected chi connectivity index (χ1v) is 9.07. The largest absolute Gasteiger partial charge is 0.461 e. The smallest absolute Gasteiger partial charge is 0.355 e. The van der Waals surface area contributed by atoms with E-state index in [-0.39, 0.29) is 12.3 Å². The molecule has 4 rings (SSSR count). The Hall–Kier alpha value is -3.48. The summed E-state index contributed by atoms with van der Waals surface area (Å²) in [5, 5.41) is 5.80. The number of para-hydroxylation sites is 1. The number of amides is 2. The van der Waals surface area contributed by atoms with Gasteiger partial charge in [0.1, 0.15) is 12.0 Å². The van der Waals surface area contributed by atoms with Crippen LogP contribution < -0.4 is 9.91 Å². The van der Waals surface area contributed by atoms with E-state index >= 15 is 0 Å². The van der Waals surface area contributed by atoms with Crippen molar-refractivity contribution in [2.24, 2.45) is 11.0 Å². The van der Waals surface area contributed by atoms with Gasteiger partial charge in [-0.25, -0.2) is 9.69 Å². The van der Waals surface area contributed by atoms with Crippen LogP contribution in [0, 0.1) is 12.8 Å². The van der Waals surface area contributed by atoms with Gasteiger partial charge in [0.15, 0.2) is 5.71 Å². The van der Waals surface area contributed by atoms with E-state index < -0.39 is 29.7 Å². The highest BCUT2D eigenvalue weighted by Gasteiger charge is 2.59. The highest BCUT2D eigenvalue weighted by molar-refractivity contribution is 6.47. The van der Waals surface area contributed by atoms with Crippen molar-refractivity contribution in [3.63, 3.8) is 0 Å². The fraction of sp³-hybridized carbons (Fsp3) is 0.238. The van der Waals surface area contributed by atoms with Crippen molar-refractivity contribution in [3.05, 3.63) is 60.2 Å². The van der Waals surface area contributed by atoms with E-state index in [1.807, 2.05) is 25.1 Å². The first-order chi connectivity index (χ1) is 13.5. The molecule has 0 radical (unpaired) electrons. The summed E-state index contributed by atoms with van der Waals surface area (Å²) in [5.41, 5.74) is 2.06. The van der Waals surface area contributed by atoms with Crippen molar-refractivity contribution in [2.75, 3.05) is 16.5 Å². The van der Waals surface area contributed by atoms with Gasteiger partial charge in [0, 0.05) is 0 Å². The van der Waals surface area contributed by atoms with Crippen LogP contribution in [0.15, 0.2) is 59.7 Å². The highest BCUT2D eigenvalue weighted by Crippen LogP contribution is 2.38. The number of nitrogens with zero attached hydrogens (tertiary/aromatic N) is 3. The third-order valence-electron chi connectivity index (χ3n) is 4.81. The Labute approximate surface area is 162 Å². The predicted octanol–water partition coefficient (Wildman–Crippen LogP) is 2.29. The van der Waals surface area contributed by atoms with Gasteiger partial charge in [-0.2, -0.15) is 5.10 Å². The molecule has 142 valence electrons. The van der Waals surface area contributed by atoms with Crippen molar-refractivity contribution in [3.8, 4) is 0 Å². The van der Waals surface area contributed by atoms with Gasteiger partial charge < -0.3 is 4.74 Å². The quantitative estimate of drug-likeness (QED) is 0.603. The fourth-order valence-corrected chi connectivity index (χ4v) is 3.60. The Morgan fingerprint density at radius 3 is 2.43 bits per heavy atom. The van der Waals surface area contributed by atoms with Gasteiger partial charge in [0.2, 0.25) is 5.91 Å². The van der Waals surface area contributed by atoms with Crippen LogP contribution in [0.1, 0.15) is 12.5 Å². The lowest BCUT2D eigenvalue weighted by molar-refractivity contribution is -0.136. The van der Waals surface area contributed by atoms with Crippen LogP contribution in [0.4, 0.5) is 11.4 Å². The van der Waals surface area contributed by atoms with E-state index in [1.54, 1.807) is 43.3 Å². The third-order valence-corrected chi connectivity index (χ3v) is 4.81. The lowest BCUT2D eigenvalue weighted by atomic mass is 9.97. The van der Waals surface area contributed by atoms with Crippen LogP contribution in [0.2, 0.25) is 0 Å². The molecule has 2 amide bonds. The molecular formula is C21H19N3O4. The number of hydrogen-bond donors (Lipinski definition) is 0. The van der Waals surface area contributed by atoms with Crippen LogP contribution in [0.25, 0.3) is 0 Å². The van der Waals surface area contributed by atoms with E-state index in [0.717, 1.165) is 10.5 Å². The molecule has 2 aliphatic rings. The number of hydrazone groups is 1. The number of anilines is 2. The Balaban J connectivity index is 1.80. The van der Waals surface area contributed by atoms with Gasteiger partial charge in [0.25, 0.3) is 5.91 Å². The maximum Gasteiger partial charge on any atom is 0.355 e. The van der Waals surface area contributed by atoms with Gasteiger partial charge in [-0.15, -0.1) is 0 Å². The molecule has 0 aliphatic carbocycles. The zero-order valence-electron chi connectivity index (χ0n) is 15.5. The summed E-state index contributed by atoms with van der Waals surface area (Å²) in [7, 11) is 0. The molecule has 2 unspecified atom stereocenters. The summed E-state index contributed by atoms with van der Waals surface area (Å²) in [6.45, 7) is 3.76. The summed E-state index contributed by atoms with van der Waals surface area (Å²) in [5.74, 6) is -2.55. The topological polar surface area (TPSA) is 79.3 Å². The number of rotatable bonds is 4. The van der Waals surface area contributed by atoms with E-state index in [4.69, 9.17) is 4.74 Å². The molecule has 2 heterocycles. The molecule has 0 spiro atoms. The van der Waals surface area contributed by atoms with Gasteiger partial charge in [0.05, 0.1) is 18.0 Å². The Kier molecular flexibility index (Phi) is 4.43. The molecule has 2 aromatic rings. The summed E-state index contributed by atoms with van der Waals surface area (Å²) in [4.78, 5) is 40.0. The summed E-state index contributed by atoms with van der Waals surface area (Å²) in [6, 6.07) is 15.2. The molecule has 28 heavy (non-hydrogen) atoms. The molecule has 1 saturated heterocycles. The minimum absolute atomic E-state index is 0.0369. The summed E-state index contributed by atoms with van der Waals surface area (Å²) < 4.78 is 5.09. The number of imide groups is 1. The normalized spacial score (nSPS) is 21.0.